The summed E-state index contributed by atoms with van der Waals surface area (Å²) < 4.78 is 5.77. The molecule has 0 heterocycles. The number of carbonyl (C=O) groups is 1. The Labute approximate surface area is 154 Å². The summed E-state index contributed by atoms with van der Waals surface area (Å²) >= 11 is 0. The largest absolute Gasteiger partial charge is 0.489 e. The second kappa shape index (κ2) is 8.34. The van der Waals surface area contributed by atoms with Gasteiger partial charge in [0.15, 0.2) is 0 Å². The summed E-state index contributed by atoms with van der Waals surface area (Å²) in [4.78, 5) is 12.5. The Morgan fingerprint density at radius 1 is 0.923 bits per heavy atom. The fourth-order valence-corrected chi connectivity index (χ4v) is 2.70. The van der Waals surface area contributed by atoms with Crippen LogP contribution >= 0.6 is 0 Å². The Morgan fingerprint density at radius 3 is 2.31 bits per heavy atom. The maximum atomic E-state index is 12.5. The first kappa shape index (κ1) is 17.7. The van der Waals surface area contributed by atoms with Gasteiger partial charge in [0.2, 0.25) is 0 Å². The van der Waals surface area contributed by atoms with E-state index in [-0.39, 0.29) is 5.91 Å². The van der Waals surface area contributed by atoms with Crippen LogP contribution in [0.4, 0.5) is 5.69 Å². The van der Waals surface area contributed by atoms with Gasteiger partial charge in [0, 0.05) is 11.3 Å². The molecule has 1 amide bonds. The number of nitrogens with one attached hydrogen (secondary N) is 1. The number of amides is 1. The molecule has 3 heteroatoms. The zero-order valence-electron chi connectivity index (χ0n) is 15.2. The average Bonchev–Trinajstić information content (AvgIpc) is 2.68. The fourth-order valence-electron chi connectivity index (χ4n) is 2.70. The van der Waals surface area contributed by atoms with Crippen LogP contribution in [-0.4, -0.2) is 5.91 Å². The SMILES string of the molecule is CCc1ccccc1NC(=O)c1ccc(COc2ccc(C)cc2)cc1. The molecular weight excluding hydrogens is 322 g/mol. The van der Waals surface area contributed by atoms with Crippen LogP contribution in [0.1, 0.15) is 34.0 Å². The Kier molecular flexibility index (Phi) is 5.69. The van der Waals surface area contributed by atoms with Crippen LogP contribution in [0.3, 0.4) is 0 Å². The minimum absolute atomic E-state index is 0.100. The second-order valence-electron chi connectivity index (χ2n) is 6.26. The van der Waals surface area contributed by atoms with E-state index in [2.05, 4.69) is 12.2 Å². The number of hydrogen-bond acceptors (Lipinski definition) is 2. The molecule has 132 valence electrons. The number of rotatable bonds is 6. The van der Waals surface area contributed by atoms with Crippen molar-refractivity contribution in [1.82, 2.24) is 0 Å². The van der Waals surface area contributed by atoms with Gasteiger partial charge in [-0.05, 0) is 54.8 Å². The first-order valence-corrected chi connectivity index (χ1v) is 8.83. The van der Waals surface area contributed by atoms with Crippen molar-refractivity contribution in [3.8, 4) is 5.75 Å². The number of benzene rings is 3. The lowest BCUT2D eigenvalue weighted by Crippen LogP contribution is -2.13. The molecule has 0 atom stereocenters. The molecule has 0 saturated carbocycles. The predicted molar refractivity (Wildman–Crippen MR) is 106 cm³/mol. The molecule has 0 aliphatic rings. The normalized spacial score (nSPS) is 10.4. The molecule has 0 bridgehead atoms. The van der Waals surface area contributed by atoms with Gasteiger partial charge in [0.25, 0.3) is 5.91 Å². The monoisotopic (exact) mass is 345 g/mol. The number of aryl methyl sites for hydroxylation is 2. The van der Waals surface area contributed by atoms with E-state index in [1.54, 1.807) is 0 Å². The minimum atomic E-state index is -0.100. The molecule has 0 fully saturated rings. The molecule has 0 spiro atoms. The lowest BCUT2D eigenvalue weighted by Gasteiger charge is -2.10. The zero-order chi connectivity index (χ0) is 18.4. The van der Waals surface area contributed by atoms with Gasteiger partial charge in [0.05, 0.1) is 0 Å². The van der Waals surface area contributed by atoms with Crippen LogP contribution in [0.5, 0.6) is 5.75 Å². The molecule has 0 aromatic heterocycles. The van der Waals surface area contributed by atoms with E-state index in [0.29, 0.717) is 12.2 Å². The summed E-state index contributed by atoms with van der Waals surface area (Å²) in [6.07, 6.45) is 0.881. The van der Waals surface area contributed by atoms with E-state index >= 15 is 0 Å². The number of para-hydroxylation sites is 1. The third kappa shape index (κ3) is 4.51. The summed E-state index contributed by atoms with van der Waals surface area (Å²) in [5.41, 5.74) is 4.86. The highest BCUT2D eigenvalue weighted by molar-refractivity contribution is 6.04. The minimum Gasteiger partial charge on any atom is -0.489 e. The highest BCUT2D eigenvalue weighted by Gasteiger charge is 2.08. The van der Waals surface area contributed by atoms with E-state index in [1.807, 2.05) is 79.7 Å². The first-order chi connectivity index (χ1) is 12.7. The van der Waals surface area contributed by atoms with Gasteiger partial charge < -0.3 is 10.1 Å². The summed E-state index contributed by atoms with van der Waals surface area (Å²) in [7, 11) is 0. The van der Waals surface area contributed by atoms with Gasteiger partial charge in [-0.25, -0.2) is 0 Å². The molecule has 0 unspecified atom stereocenters. The second-order valence-corrected chi connectivity index (χ2v) is 6.26. The lowest BCUT2D eigenvalue weighted by atomic mass is 10.1. The molecule has 3 nitrogen and oxygen atoms in total. The topological polar surface area (TPSA) is 38.3 Å². The Hall–Kier alpha value is -3.07. The van der Waals surface area contributed by atoms with Crippen LogP contribution in [-0.2, 0) is 13.0 Å². The van der Waals surface area contributed by atoms with Gasteiger partial charge in [0.1, 0.15) is 12.4 Å². The van der Waals surface area contributed by atoms with Crippen LogP contribution in [0.2, 0.25) is 0 Å². The maximum absolute atomic E-state index is 12.5. The van der Waals surface area contributed by atoms with Crippen LogP contribution in [0.15, 0.2) is 72.8 Å². The van der Waals surface area contributed by atoms with Gasteiger partial charge in [-0.2, -0.15) is 0 Å². The van der Waals surface area contributed by atoms with Gasteiger partial charge in [-0.3, -0.25) is 4.79 Å². The van der Waals surface area contributed by atoms with E-state index in [1.165, 1.54) is 5.56 Å². The molecule has 3 aromatic rings. The van der Waals surface area contributed by atoms with Crippen LogP contribution in [0.25, 0.3) is 0 Å². The number of carbonyl (C=O) groups excluding carboxylic acids is 1. The maximum Gasteiger partial charge on any atom is 0.255 e. The summed E-state index contributed by atoms with van der Waals surface area (Å²) in [6, 6.07) is 23.4. The van der Waals surface area contributed by atoms with Gasteiger partial charge >= 0.3 is 0 Å². The quantitative estimate of drug-likeness (QED) is 0.650. The smallest absolute Gasteiger partial charge is 0.255 e. The molecular formula is C23H23NO2. The molecule has 0 aliphatic heterocycles. The summed E-state index contributed by atoms with van der Waals surface area (Å²) in [6.45, 7) is 4.60. The van der Waals surface area contributed by atoms with Crippen molar-refractivity contribution in [2.24, 2.45) is 0 Å². The highest BCUT2D eigenvalue weighted by Crippen LogP contribution is 2.18. The van der Waals surface area contributed by atoms with E-state index in [0.717, 1.165) is 29.0 Å². The lowest BCUT2D eigenvalue weighted by molar-refractivity contribution is 0.102. The molecule has 3 aromatic carbocycles. The summed E-state index contributed by atoms with van der Waals surface area (Å²) in [5, 5.41) is 2.99. The average molecular weight is 345 g/mol. The van der Waals surface area contributed by atoms with Crippen molar-refractivity contribution >= 4 is 11.6 Å². The van der Waals surface area contributed by atoms with Gasteiger partial charge in [-0.1, -0.05) is 55.0 Å². The van der Waals surface area contributed by atoms with Crippen molar-refractivity contribution in [2.75, 3.05) is 5.32 Å². The summed E-state index contributed by atoms with van der Waals surface area (Å²) in [5.74, 6) is 0.741. The predicted octanol–water partition coefficient (Wildman–Crippen LogP) is 5.39. The molecule has 3 rings (SSSR count). The third-order valence-electron chi connectivity index (χ3n) is 4.29. The van der Waals surface area contributed by atoms with Crippen molar-refractivity contribution in [1.29, 1.82) is 0 Å². The van der Waals surface area contributed by atoms with Crippen molar-refractivity contribution < 1.29 is 9.53 Å². The third-order valence-corrected chi connectivity index (χ3v) is 4.29. The van der Waals surface area contributed by atoms with E-state index < -0.39 is 0 Å². The van der Waals surface area contributed by atoms with E-state index in [4.69, 9.17) is 4.74 Å². The van der Waals surface area contributed by atoms with Crippen molar-refractivity contribution in [3.05, 3.63) is 95.1 Å². The van der Waals surface area contributed by atoms with E-state index in [9.17, 15) is 4.79 Å². The molecule has 0 saturated heterocycles. The number of hydrogen-bond donors (Lipinski definition) is 1. The van der Waals surface area contributed by atoms with Crippen LogP contribution in [0, 0.1) is 6.92 Å². The fraction of sp³-hybridized carbons (Fsp3) is 0.174. The first-order valence-electron chi connectivity index (χ1n) is 8.83. The Balaban J connectivity index is 1.61. The Bertz CT molecular complexity index is 867. The zero-order valence-corrected chi connectivity index (χ0v) is 15.2. The highest BCUT2D eigenvalue weighted by atomic mass is 16.5. The molecule has 26 heavy (non-hydrogen) atoms. The van der Waals surface area contributed by atoms with Gasteiger partial charge in [-0.15, -0.1) is 0 Å². The van der Waals surface area contributed by atoms with Crippen LogP contribution < -0.4 is 10.1 Å². The molecule has 0 aliphatic carbocycles. The molecule has 1 N–H and O–H groups in total. The number of anilines is 1. The van der Waals surface area contributed by atoms with Crippen molar-refractivity contribution in [3.63, 3.8) is 0 Å². The molecule has 0 radical (unpaired) electrons. The standard InChI is InChI=1S/C23H23NO2/c1-3-19-6-4-5-7-22(19)24-23(25)20-12-10-18(11-13-20)16-26-21-14-8-17(2)9-15-21/h4-15H,3,16H2,1-2H3,(H,24,25). The number of ether oxygens (including phenoxy) is 1. The van der Waals surface area contributed by atoms with Crippen molar-refractivity contribution in [2.45, 2.75) is 26.9 Å². The Morgan fingerprint density at radius 2 is 1.62 bits per heavy atom.